The van der Waals surface area contributed by atoms with Gasteiger partial charge in [0.15, 0.2) is 0 Å². The number of hydrogen-bond acceptors (Lipinski definition) is 2. The van der Waals surface area contributed by atoms with Crippen LogP contribution >= 0.6 is 0 Å². The summed E-state index contributed by atoms with van der Waals surface area (Å²) < 4.78 is 26.5. The van der Waals surface area contributed by atoms with Crippen molar-refractivity contribution in [3.8, 4) is 0 Å². The highest BCUT2D eigenvalue weighted by molar-refractivity contribution is 6.08. The molecule has 1 fully saturated rings. The largest absolute Gasteiger partial charge is 0.273 e. The molecule has 2 aromatic carbocycles. The van der Waals surface area contributed by atoms with E-state index < -0.39 is 0 Å². The van der Waals surface area contributed by atoms with Crippen molar-refractivity contribution in [2.75, 3.05) is 0 Å². The third-order valence-electron chi connectivity index (χ3n) is 5.25. The molecule has 1 aliphatic heterocycles. The number of rotatable bonds is 2. The fourth-order valence-electron chi connectivity index (χ4n) is 4.02. The van der Waals surface area contributed by atoms with Crippen molar-refractivity contribution < 1.29 is 13.6 Å². The number of benzene rings is 2. The Labute approximate surface area is 157 Å². The Morgan fingerprint density at radius 3 is 2.33 bits per heavy atom. The number of hydrazone groups is 1. The van der Waals surface area contributed by atoms with Crippen LogP contribution in [0.5, 0.6) is 0 Å². The molecule has 0 aromatic heterocycles. The van der Waals surface area contributed by atoms with E-state index in [1.807, 2.05) is 6.08 Å². The van der Waals surface area contributed by atoms with E-state index in [2.05, 4.69) is 5.10 Å². The van der Waals surface area contributed by atoms with Gasteiger partial charge in [0.05, 0.1) is 11.8 Å². The predicted molar refractivity (Wildman–Crippen MR) is 101 cm³/mol. The number of allylic oxidation sites excluding steroid dienone is 1. The minimum atomic E-state index is -0.298. The highest BCUT2D eigenvalue weighted by atomic mass is 19.1. The lowest BCUT2D eigenvalue weighted by Crippen LogP contribution is -2.30. The summed E-state index contributed by atoms with van der Waals surface area (Å²) in [7, 11) is 0. The molecule has 2 aliphatic rings. The molecule has 5 heteroatoms. The quantitative estimate of drug-likeness (QED) is 0.727. The number of nitrogens with zero attached hydrogens (tertiary/aromatic N) is 2. The van der Waals surface area contributed by atoms with Gasteiger partial charge in [-0.15, -0.1) is 0 Å². The molecule has 0 spiro atoms. The van der Waals surface area contributed by atoms with Gasteiger partial charge in [0.25, 0.3) is 0 Å². The smallest absolute Gasteiger partial charge is 0.240 e. The van der Waals surface area contributed by atoms with Crippen LogP contribution in [0.2, 0.25) is 0 Å². The Hall–Kier alpha value is -2.82. The maximum absolute atomic E-state index is 13.4. The Kier molecular flexibility index (Phi) is 4.60. The highest BCUT2D eigenvalue weighted by Gasteiger charge is 2.42. The number of carbonyl (C=O) groups is 1. The van der Waals surface area contributed by atoms with Crippen LogP contribution < -0.4 is 0 Å². The third-order valence-corrected chi connectivity index (χ3v) is 5.25. The van der Waals surface area contributed by atoms with E-state index in [4.69, 9.17) is 0 Å². The van der Waals surface area contributed by atoms with Gasteiger partial charge in [-0.2, -0.15) is 5.10 Å². The molecule has 0 radical (unpaired) electrons. The second-order valence-corrected chi connectivity index (χ2v) is 7.07. The molecule has 1 saturated carbocycles. The standard InChI is InChI=1S/C22H20F2N2O/c1-14(27)26-22(16-7-11-19(24)12-8-16)20-4-2-3-17(21(20)25-26)13-15-5-9-18(23)10-6-15/h5-13,20,22H,2-4H2,1H3/b17-13-/t20-,22-/m0/s1. The van der Waals surface area contributed by atoms with Crippen molar-refractivity contribution >= 4 is 17.7 Å². The van der Waals surface area contributed by atoms with E-state index in [9.17, 15) is 13.6 Å². The Bertz CT molecular complexity index is 916. The molecule has 4 rings (SSSR count). The van der Waals surface area contributed by atoms with E-state index in [0.29, 0.717) is 0 Å². The number of amides is 1. The van der Waals surface area contributed by atoms with Crippen LogP contribution in [0.25, 0.3) is 6.08 Å². The summed E-state index contributed by atoms with van der Waals surface area (Å²) in [5.74, 6) is -0.615. The summed E-state index contributed by atoms with van der Waals surface area (Å²) in [6.45, 7) is 1.50. The molecule has 0 N–H and O–H groups in total. The van der Waals surface area contributed by atoms with Crippen LogP contribution in [0.1, 0.15) is 43.4 Å². The van der Waals surface area contributed by atoms with Crippen molar-refractivity contribution in [2.24, 2.45) is 11.0 Å². The van der Waals surface area contributed by atoms with E-state index in [1.165, 1.54) is 36.2 Å². The number of halogens is 2. The zero-order valence-electron chi connectivity index (χ0n) is 15.0. The molecule has 27 heavy (non-hydrogen) atoms. The summed E-state index contributed by atoms with van der Waals surface area (Å²) in [6, 6.07) is 12.4. The molecular formula is C22H20F2N2O. The topological polar surface area (TPSA) is 32.7 Å². The minimum absolute atomic E-state index is 0.0832. The summed E-state index contributed by atoms with van der Waals surface area (Å²) in [5.41, 5.74) is 3.79. The lowest BCUT2D eigenvalue weighted by atomic mass is 9.77. The maximum Gasteiger partial charge on any atom is 0.240 e. The van der Waals surface area contributed by atoms with Gasteiger partial charge < -0.3 is 0 Å². The van der Waals surface area contributed by atoms with E-state index >= 15 is 0 Å². The molecule has 0 unspecified atom stereocenters. The van der Waals surface area contributed by atoms with E-state index in [-0.39, 0.29) is 29.5 Å². The number of hydrogen-bond donors (Lipinski definition) is 0. The fourth-order valence-corrected chi connectivity index (χ4v) is 4.02. The monoisotopic (exact) mass is 366 g/mol. The molecule has 0 saturated heterocycles. The molecular weight excluding hydrogens is 346 g/mol. The molecule has 1 heterocycles. The summed E-state index contributed by atoms with van der Waals surface area (Å²) in [5, 5.41) is 6.17. The van der Waals surface area contributed by atoms with Gasteiger partial charge >= 0.3 is 0 Å². The van der Waals surface area contributed by atoms with Gasteiger partial charge in [0.2, 0.25) is 5.91 Å². The molecule has 1 amide bonds. The highest BCUT2D eigenvalue weighted by Crippen LogP contribution is 2.44. The van der Waals surface area contributed by atoms with Crippen molar-refractivity contribution in [3.05, 3.63) is 76.9 Å². The summed E-state index contributed by atoms with van der Waals surface area (Å²) >= 11 is 0. The number of carbonyl (C=O) groups excluding carboxylic acids is 1. The van der Waals surface area contributed by atoms with Crippen LogP contribution in [-0.2, 0) is 4.79 Å². The van der Waals surface area contributed by atoms with Crippen LogP contribution in [0.15, 0.2) is 59.2 Å². The SMILES string of the molecule is CC(=O)N1N=C2/C(=C\c3ccc(F)cc3)CCC[C@@H]2[C@@H]1c1ccc(F)cc1. The first-order valence-electron chi connectivity index (χ1n) is 9.13. The predicted octanol–water partition coefficient (Wildman–Crippen LogP) is 5.11. The molecule has 138 valence electrons. The van der Waals surface area contributed by atoms with Crippen LogP contribution in [-0.4, -0.2) is 16.6 Å². The zero-order chi connectivity index (χ0) is 19.0. The third kappa shape index (κ3) is 3.42. The minimum Gasteiger partial charge on any atom is -0.273 e. The van der Waals surface area contributed by atoms with Crippen molar-refractivity contribution in [3.63, 3.8) is 0 Å². The summed E-state index contributed by atoms with van der Waals surface area (Å²) in [4.78, 5) is 12.2. The first-order chi connectivity index (χ1) is 13.0. The zero-order valence-corrected chi connectivity index (χ0v) is 15.0. The Morgan fingerprint density at radius 2 is 1.70 bits per heavy atom. The first kappa shape index (κ1) is 17.6. The van der Waals surface area contributed by atoms with E-state index in [0.717, 1.165) is 41.7 Å². The first-order valence-corrected chi connectivity index (χ1v) is 9.13. The molecule has 3 nitrogen and oxygen atoms in total. The van der Waals surface area contributed by atoms with Crippen LogP contribution in [0, 0.1) is 17.6 Å². The lowest BCUT2D eigenvalue weighted by molar-refractivity contribution is -0.131. The number of fused-ring (bicyclic) bond motifs is 1. The average Bonchev–Trinajstić information content (AvgIpc) is 3.05. The van der Waals surface area contributed by atoms with Crippen LogP contribution in [0.3, 0.4) is 0 Å². The fraction of sp³-hybridized carbons (Fsp3) is 0.273. The van der Waals surface area contributed by atoms with Crippen molar-refractivity contribution in [1.29, 1.82) is 0 Å². The molecule has 2 atom stereocenters. The molecule has 1 aliphatic carbocycles. The average molecular weight is 366 g/mol. The van der Waals surface area contributed by atoms with E-state index in [1.54, 1.807) is 24.3 Å². The van der Waals surface area contributed by atoms with Gasteiger partial charge in [-0.25, -0.2) is 13.8 Å². The lowest BCUT2D eigenvalue weighted by Gasteiger charge is -2.29. The maximum atomic E-state index is 13.4. The normalized spacial score (nSPS) is 23.3. The Balaban J connectivity index is 1.72. The second-order valence-electron chi connectivity index (χ2n) is 7.07. The summed E-state index contributed by atoms with van der Waals surface area (Å²) in [6.07, 6.45) is 4.80. The van der Waals surface area contributed by atoms with Gasteiger partial charge in [0, 0.05) is 12.8 Å². The molecule has 0 bridgehead atoms. The Morgan fingerprint density at radius 1 is 1.07 bits per heavy atom. The molecule has 2 aromatic rings. The van der Waals surface area contributed by atoms with Crippen molar-refractivity contribution in [1.82, 2.24) is 5.01 Å². The van der Waals surface area contributed by atoms with Gasteiger partial charge in [0.1, 0.15) is 11.6 Å². The van der Waals surface area contributed by atoms with Crippen molar-refractivity contribution in [2.45, 2.75) is 32.2 Å². The van der Waals surface area contributed by atoms with Gasteiger partial charge in [-0.05, 0) is 66.3 Å². The van der Waals surface area contributed by atoms with Crippen LogP contribution in [0.4, 0.5) is 8.78 Å². The van der Waals surface area contributed by atoms with Gasteiger partial charge in [-0.1, -0.05) is 24.3 Å². The van der Waals surface area contributed by atoms with Gasteiger partial charge in [-0.3, -0.25) is 4.79 Å². The second kappa shape index (κ2) is 7.06.